The van der Waals surface area contributed by atoms with Crippen molar-refractivity contribution in [3.63, 3.8) is 0 Å². The molecule has 0 aliphatic heterocycles. The molecule has 104 valence electrons. The van der Waals surface area contributed by atoms with Gasteiger partial charge in [0.1, 0.15) is 17.5 Å². The standard InChI is InChI=1S/C12H20N6O/c1-3-18(2)11(19)7-14-9-6-10(17-13)16-12(15-9)8-4-5-8/h6,8H,3-5,7,13H2,1-2H3,(H2,14,15,16,17). The molecule has 7 nitrogen and oxygen atoms in total. The largest absolute Gasteiger partial charge is 0.361 e. The van der Waals surface area contributed by atoms with Gasteiger partial charge in [-0.1, -0.05) is 0 Å². The van der Waals surface area contributed by atoms with E-state index in [2.05, 4.69) is 20.7 Å². The van der Waals surface area contributed by atoms with Gasteiger partial charge in [-0.05, 0) is 19.8 Å². The molecule has 0 spiro atoms. The van der Waals surface area contributed by atoms with Crippen molar-refractivity contribution in [3.8, 4) is 0 Å². The molecule has 1 aromatic rings. The van der Waals surface area contributed by atoms with Gasteiger partial charge in [-0.25, -0.2) is 15.8 Å². The molecule has 0 atom stereocenters. The molecule has 1 amide bonds. The Morgan fingerprint density at radius 1 is 1.47 bits per heavy atom. The van der Waals surface area contributed by atoms with Gasteiger partial charge in [0.15, 0.2) is 0 Å². The highest BCUT2D eigenvalue weighted by Gasteiger charge is 2.27. The number of carbonyl (C=O) groups excluding carboxylic acids is 1. The Morgan fingerprint density at radius 2 is 2.16 bits per heavy atom. The molecule has 1 fully saturated rings. The third kappa shape index (κ3) is 3.54. The number of rotatable bonds is 6. The molecule has 19 heavy (non-hydrogen) atoms. The zero-order chi connectivity index (χ0) is 13.8. The number of nitrogens with two attached hydrogens (primary N) is 1. The van der Waals surface area contributed by atoms with Crippen LogP contribution in [0, 0.1) is 0 Å². The molecule has 0 radical (unpaired) electrons. The SMILES string of the molecule is CCN(C)C(=O)CNc1cc(NN)nc(C2CC2)n1. The predicted octanol–water partition coefficient (Wildman–Crippen LogP) is 0.530. The first kappa shape index (κ1) is 13.5. The van der Waals surface area contributed by atoms with Crippen molar-refractivity contribution in [2.24, 2.45) is 5.84 Å². The van der Waals surface area contributed by atoms with E-state index in [4.69, 9.17) is 5.84 Å². The number of aromatic nitrogens is 2. The smallest absolute Gasteiger partial charge is 0.241 e. The first-order valence-electron chi connectivity index (χ1n) is 6.47. The first-order chi connectivity index (χ1) is 9.13. The van der Waals surface area contributed by atoms with Crippen molar-refractivity contribution >= 4 is 17.5 Å². The molecule has 1 saturated carbocycles. The van der Waals surface area contributed by atoms with Crippen LogP contribution < -0.4 is 16.6 Å². The van der Waals surface area contributed by atoms with Gasteiger partial charge in [0, 0.05) is 25.6 Å². The van der Waals surface area contributed by atoms with Crippen molar-refractivity contribution in [1.82, 2.24) is 14.9 Å². The van der Waals surface area contributed by atoms with Gasteiger partial charge in [-0.3, -0.25) is 4.79 Å². The van der Waals surface area contributed by atoms with Crippen LogP contribution in [-0.4, -0.2) is 40.9 Å². The normalized spacial score (nSPS) is 14.1. The van der Waals surface area contributed by atoms with Crippen LogP contribution in [0.25, 0.3) is 0 Å². The molecule has 1 aromatic heterocycles. The van der Waals surface area contributed by atoms with Crippen LogP contribution >= 0.6 is 0 Å². The molecule has 4 N–H and O–H groups in total. The number of nitrogens with one attached hydrogen (secondary N) is 2. The number of carbonyl (C=O) groups is 1. The van der Waals surface area contributed by atoms with Crippen LogP contribution in [0.4, 0.5) is 11.6 Å². The summed E-state index contributed by atoms with van der Waals surface area (Å²) < 4.78 is 0. The molecular weight excluding hydrogens is 244 g/mol. The second kappa shape index (κ2) is 5.83. The molecule has 0 saturated heterocycles. The summed E-state index contributed by atoms with van der Waals surface area (Å²) >= 11 is 0. The Bertz CT molecular complexity index is 460. The van der Waals surface area contributed by atoms with Gasteiger partial charge in [0.25, 0.3) is 0 Å². The number of likely N-dealkylation sites (N-methyl/N-ethyl adjacent to an activating group) is 1. The summed E-state index contributed by atoms with van der Waals surface area (Å²) in [5, 5.41) is 3.02. The van der Waals surface area contributed by atoms with E-state index >= 15 is 0 Å². The summed E-state index contributed by atoms with van der Waals surface area (Å²) in [7, 11) is 1.77. The van der Waals surface area contributed by atoms with Crippen LogP contribution in [0.3, 0.4) is 0 Å². The minimum atomic E-state index is 0.0244. The lowest BCUT2D eigenvalue weighted by Gasteiger charge is -2.15. The molecule has 1 heterocycles. The molecule has 1 aliphatic carbocycles. The zero-order valence-electron chi connectivity index (χ0n) is 11.3. The number of hydrazine groups is 1. The Kier molecular flexibility index (Phi) is 4.16. The van der Waals surface area contributed by atoms with Crippen molar-refractivity contribution in [1.29, 1.82) is 0 Å². The van der Waals surface area contributed by atoms with E-state index in [1.54, 1.807) is 18.0 Å². The fourth-order valence-electron chi connectivity index (χ4n) is 1.63. The summed E-state index contributed by atoms with van der Waals surface area (Å²) in [4.78, 5) is 22.1. The van der Waals surface area contributed by atoms with Crippen molar-refractivity contribution < 1.29 is 4.79 Å². The minimum absolute atomic E-state index is 0.0244. The lowest BCUT2D eigenvalue weighted by Crippen LogP contribution is -2.32. The Balaban J connectivity index is 2.02. The average Bonchev–Trinajstić information content (AvgIpc) is 3.27. The minimum Gasteiger partial charge on any atom is -0.361 e. The highest BCUT2D eigenvalue weighted by Crippen LogP contribution is 2.38. The number of amides is 1. The predicted molar refractivity (Wildman–Crippen MR) is 73.6 cm³/mol. The van der Waals surface area contributed by atoms with Gasteiger partial charge in [-0.15, -0.1) is 0 Å². The van der Waals surface area contributed by atoms with Crippen molar-refractivity contribution in [3.05, 3.63) is 11.9 Å². The third-order valence-corrected chi connectivity index (χ3v) is 3.15. The van der Waals surface area contributed by atoms with E-state index in [1.165, 1.54) is 0 Å². The second-order valence-corrected chi connectivity index (χ2v) is 4.68. The van der Waals surface area contributed by atoms with Crippen LogP contribution in [-0.2, 0) is 4.79 Å². The van der Waals surface area contributed by atoms with E-state index in [9.17, 15) is 4.79 Å². The monoisotopic (exact) mass is 264 g/mol. The van der Waals surface area contributed by atoms with Gasteiger partial charge in [-0.2, -0.15) is 0 Å². The van der Waals surface area contributed by atoms with Crippen molar-refractivity contribution in [2.45, 2.75) is 25.7 Å². The molecule has 0 bridgehead atoms. The fourth-order valence-corrected chi connectivity index (χ4v) is 1.63. The van der Waals surface area contributed by atoms with Gasteiger partial charge < -0.3 is 15.6 Å². The summed E-state index contributed by atoms with van der Waals surface area (Å²) in [6, 6.07) is 1.70. The maximum Gasteiger partial charge on any atom is 0.241 e. The average molecular weight is 264 g/mol. The summed E-state index contributed by atoms with van der Waals surface area (Å²) in [6.07, 6.45) is 2.23. The second-order valence-electron chi connectivity index (χ2n) is 4.68. The van der Waals surface area contributed by atoms with E-state index < -0.39 is 0 Å². The molecule has 2 rings (SSSR count). The highest BCUT2D eigenvalue weighted by molar-refractivity contribution is 5.80. The Labute approximate surface area is 112 Å². The topological polar surface area (TPSA) is 96.2 Å². The van der Waals surface area contributed by atoms with E-state index in [0.717, 1.165) is 18.7 Å². The zero-order valence-corrected chi connectivity index (χ0v) is 11.3. The summed E-state index contributed by atoms with van der Waals surface area (Å²) in [5.74, 6) is 7.83. The van der Waals surface area contributed by atoms with Gasteiger partial charge in [0.05, 0.1) is 6.54 Å². The van der Waals surface area contributed by atoms with Crippen LogP contribution in [0.15, 0.2) is 6.07 Å². The number of hydrogen-bond acceptors (Lipinski definition) is 6. The van der Waals surface area contributed by atoms with Crippen LogP contribution in [0.1, 0.15) is 31.5 Å². The number of hydrogen-bond donors (Lipinski definition) is 3. The van der Waals surface area contributed by atoms with E-state index in [0.29, 0.717) is 24.1 Å². The number of anilines is 2. The van der Waals surface area contributed by atoms with Gasteiger partial charge >= 0.3 is 0 Å². The van der Waals surface area contributed by atoms with E-state index in [1.807, 2.05) is 6.92 Å². The molecular formula is C12H20N6O. The molecule has 0 aromatic carbocycles. The third-order valence-electron chi connectivity index (χ3n) is 3.15. The summed E-state index contributed by atoms with van der Waals surface area (Å²) in [5.41, 5.74) is 2.53. The van der Waals surface area contributed by atoms with Gasteiger partial charge in [0.2, 0.25) is 5.91 Å². The van der Waals surface area contributed by atoms with Crippen molar-refractivity contribution in [2.75, 3.05) is 30.9 Å². The highest BCUT2D eigenvalue weighted by atomic mass is 16.2. The van der Waals surface area contributed by atoms with Crippen LogP contribution in [0.2, 0.25) is 0 Å². The lowest BCUT2D eigenvalue weighted by atomic mass is 10.3. The Morgan fingerprint density at radius 3 is 2.74 bits per heavy atom. The quantitative estimate of drug-likeness (QED) is 0.512. The fraction of sp³-hybridized carbons (Fsp3) is 0.583. The number of nitrogen functional groups attached to an aromatic ring is 1. The molecule has 1 aliphatic rings. The maximum atomic E-state index is 11.7. The maximum absolute atomic E-state index is 11.7. The first-order valence-corrected chi connectivity index (χ1v) is 6.47. The molecule has 7 heteroatoms. The van der Waals surface area contributed by atoms with Crippen LogP contribution in [0.5, 0.6) is 0 Å². The molecule has 0 unspecified atom stereocenters. The van der Waals surface area contributed by atoms with E-state index in [-0.39, 0.29) is 12.5 Å². The lowest BCUT2D eigenvalue weighted by molar-refractivity contribution is -0.127. The summed E-state index contributed by atoms with van der Waals surface area (Å²) in [6.45, 7) is 2.84. The Hall–Kier alpha value is -1.89. The number of nitrogens with zero attached hydrogens (tertiary/aromatic N) is 3.